The maximum Gasteiger partial charge on any atom is 0.309 e. The number of carbonyl (C=O) groups excluding carboxylic acids is 6. The molecule has 0 aliphatic heterocycles. The second kappa shape index (κ2) is 40.9. The highest BCUT2D eigenvalue weighted by Gasteiger charge is 2.39. The predicted molar refractivity (Wildman–Crippen MR) is 369 cm³/mol. The lowest BCUT2D eigenvalue weighted by atomic mass is 9.79. The zero-order chi connectivity index (χ0) is 68.8. The van der Waals surface area contributed by atoms with Crippen LogP contribution in [0.4, 0.5) is 0 Å². The molecular weight excluding hydrogens is 1130 g/mol. The summed E-state index contributed by atoms with van der Waals surface area (Å²) in [5.74, 6) is 1.25. The number of rotatable bonds is 30. The van der Waals surface area contributed by atoms with Gasteiger partial charge in [0.05, 0.1) is 75.1 Å². The van der Waals surface area contributed by atoms with E-state index in [1.165, 1.54) is 0 Å². The molecule has 0 N–H and O–H groups in total. The Labute approximate surface area is 553 Å². The SMILES string of the molecule is CC(CCOC(=O)C1CCC(C(=O)OCCC(C)CC(C)(C)C)CC1)CC(C)(C)C.CC(CCOC(=O)C1CCCC(C(=O)OCCC(C)CC(C)(C)C)C1)CC(C)(C)C.CC(CCOC(=O)C1CCCCC1C(=O)OCCC(C)CC(C)(C)C)CC(C)(C)C. The molecule has 0 heterocycles. The maximum atomic E-state index is 12.7. The molecule has 90 heavy (non-hydrogen) atoms. The zero-order valence-corrected chi connectivity index (χ0v) is 63.0. The van der Waals surface area contributed by atoms with E-state index in [1.54, 1.807) is 0 Å². The molecule has 12 heteroatoms. The van der Waals surface area contributed by atoms with Crippen molar-refractivity contribution < 1.29 is 57.2 Å². The van der Waals surface area contributed by atoms with Crippen LogP contribution in [0.15, 0.2) is 0 Å². The third-order valence-electron chi connectivity index (χ3n) is 18.0. The van der Waals surface area contributed by atoms with E-state index in [2.05, 4.69) is 166 Å². The Hall–Kier alpha value is -3.18. The van der Waals surface area contributed by atoms with Crippen LogP contribution < -0.4 is 0 Å². The van der Waals surface area contributed by atoms with Gasteiger partial charge in [-0.25, -0.2) is 0 Å². The van der Waals surface area contributed by atoms with E-state index in [0.717, 1.165) is 148 Å². The molecule has 0 spiro atoms. The fourth-order valence-corrected chi connectivity index (χ4v) is 14.6. The summed E-state index contributed by atoms with van der Waals surface area (Å²) in [6, 6.07) is 0. The molecule has 0 aromatic carbocycles. The van der Waals surface area contributed by atoms with Crippen LogP contribution in [0.3, 0.4) is 0 Å². The van der Waals surface area contributed by atoms with E-state index >= 15 is 0 Å². The van der Waals surface area contributed by atoms with Crippen LogP contribution >= 0.6 is 0 Å². The lowest BCUT2D eigenvalue weighted by Crippen LogP contribution is -2.35. The molecule has 3 aliphatic rings. The molecule has 3 rings (SSSR count). The second-order valence-electron chi connectivity index (χ2n) is 36.6. The second-order valence-corrected chi connectivity index (χ2v) is 36.6. The Kier molecular flexibility index (Phi) is 38.6. The molecule has 0 saturated heterocycles. The summed E-state index contributed by atoms with van der Waals surface area (Å²) in [6.07, 6.45) is 21.6. The van der Waals surface area contributed by atoms with Crippen molar-refractivity contribution in [3.8, 4) is 0 Å². The standard InChI is InChI=1S/3C26H48O4/c1-19(17-25(3,4)5)13-15-29-23(27)21-9-11-22(12-10-21)24(28)30-16-14-20(2)18-26(6,7)8;1-19(17-25(3,4)5)12-14-29-23(27)21-10-9-11-22(16-21)24(28)30-15-13-20(2)18-26(6,7)8;1-19(17-25(3,4)5)13-15-29-23(27)21-11-9-10-12-22(21)24(28)30-16-14-20(2)18-26(6,7)8/h3*19-22H,9-18H2,1-8H3. The quantitative estimate of drug-likeness (QED) is 0.0496. The summed E-state index contributed by atoms with van der Waals surface area (Å²) in [7, 11) is 0. The summed E-state index contributed by atoms with van der Waals surface area (Å²) in [5.41, 5.74) is 1.77. The maximum absolute atomic E-state index is 12.7. The number of hydrogen-bond acceptors (Lipinski definition) is 12. The first-order valence-electron chi connectivity index (χ1n) is 36.3. The van der Waals surface area contributed by atoms with Crippen LogP contribution in [0.2, 0.25) is 0 Å². The number of esters is 6. The number of ether oxygens (including phenoxy) is 6. The van der Waals surface area contributed by atoms with Gasteiger partial charge in [0.1, 0.15) is 0 Å². The lowest BCUT2D eigenvalue weighted by Gasteiger charge is -2.29. The molecule has 12 nitrogen and oxygen atoms in total. The van der Waals surface area contributed by atoms with Crippen molar-refractivity contribution in [1.82, 2.24) is 0 Å². The van der Waals surface area contributed by atoms with E-state index in [0.29, 0.717) is 103 Å². The fourth-order valence-electron chi connectivity index (χ4n) is 14.6. The average Bonchev–Trinajstić information content (AvgIpc) is 2.71. The summed E-state index contributed by atoms with van der Waals surface area (Å²) in [4.78, 5) is 75.1. The molecular formula is C78H144O12. The summed E-state index contributed by atoms with van der Waals surface area (Å²) >= 11 is 0. The summed E-state index contributed by atoms with van der Waals surface area (Å²) in [5, 5.41) is 0. The minimum absolute atomic E-state index is 0.0567. The highest BCUT2D eigenvalue weighted by atomic mass is 16.6. The zero-order valence-electron chi connectivity index (χ0n) is 63.0. The first-order chi connectivity index (χ1) is 41.3. The largest absolute Gasteiger partial charge is 0.465 e. The minimum atomic E-state index is -0.337. The fraction of sp³-hybridized carbons (Fsp3) is 0.923. The van der Waals surface area contributed by atoms with Gasteiger partial charge in [0.2, 0.25) is 0 Å². The average molecular weight is 1270 g/mol. The first-order valence-corrected chi connectivity index (χ1v) is 36.3. The number of carbonyl (C=O) groups is 6. The Morgan fingerprint density at radius 3 is 0.656 bits per heavy atom. The first kappa shape index (κ1) is 84.8. The van der Waals surface area contributed by atoms with Gasteiger partial charge in [0, 0.05) is 0 Å². The third-order valence-corrected chi connectivity index (χ3v) is 18.0. The normalized spacial score (nSPS) is 22.3. The smallest absolute Gasteiger partial charge is 0.309 e. The van der Waals surface area contributed by atoms with E-state index < -0.39 is 0 Å². The lowest BCUT2D eigenvalue weighted by molar-refractivity contribution is -0.163. The highest BCUT2D eigenvalue weighted by molar-refractivity contribution is 5.82. The topological polar surface area (TPSA) is 158 Å². The van der Waals surface area contributed by atoms with Gasteiger partial charge in [-0.05, 0) is 203 Å². The van der Waals surface area contributed by atoms with Crippen molar-refractivity contribution in [2.24, 2.45) is 104 Å². The molecule has 0 aromatic heterocycles. The summed E-state index contributed by atoms with van der Waals surface area (Å²) in [6.45, 7) is 56.4. The van der Waals surface area contributed by atoms with Crippen molar-refractivity contribution in [2.75, 3.05) is 39.6 Å². The summed E-state index contributed by atoms with van der Waals surface area (Å²) < 4.78 is 33.4. The molecule has 3 fully saturated rings. The van der Waals surface area contributed by atoms with Crippen molar-refractivity contribution in [1.29, 1.82) is 0 Å². The Morgan fingerprint density at radius 1 is 0.267 bits per heavy atom. The van der Waals surface area contributed by atoms with Crippen LogP contribution in [0, 0.1) is 104 Å². The minimum Gasteiger partial charge on any atom is -0.465 e. The molecule has 528 valence electrons. The van der Waals surface area contributed by atoms with Gasteiger partial charge in [-0.2, -0.15) is 0 Å². The third kappa shape index (κ3) is 42.9. The number of hydrogen-bond donors (Lipinski definition) is 0. The predicted octanol–water partition coefficient (Wildman–Crippen LogP) is 20.4. The van der Waals surface area contributed by atoms with Crippen molar-refractivity contribution in [2.45, 2.75) is 320 Å². The molecule has 0 radical (unpaired) electrons. The van der Waals surface area contributed by atoms with Gasteiger partial charge in [0.15, 0.2) is 0 Å². The molecule has 0 bridgehead atoms. The molecule has 10 atom stereocenters. The van der Waals surface area contributed by atoms with Gasteiger partial charge in [0.25, 0.3) is 0 Å². The van der Waals surface area contributed by atoms with Gasteiger partial charge >= 0.3 is 35.8 Å². The van der Waals surface area contributed by atoms with Crippen LogP contribution in [0.25, 0.3) is 0 Å². The van der Waals surface area contributed by atoms with Gasteiger partial charge in [-0.15, -0.1) is 0 Å². The Bertz CT molecular complexity index is 1880. The van der Waals surface area contributed by atoms with Gasteiger partial charge in [-0.1, -0.05) is 185 Å². The van der Waals surface area contributed by atoms with E-state index in [-0.39, 0.29) is 82.2 Å². The van der Waals surface area contributed by atoms with Gasteiger partial charge in [-0.3, -0.25) is 28.8 Å². The highest BCUT2D eigenvalue weighted by Crippen LogP contribution is 2.37. The van der Waals surface area contributed by atoms with Crippen molar-refractivity contribution in [3.63, 3.8) is 0 Å². The van der Waals surface area contributed by atoms with Crippen LogP contribution in [0.5, 0.6) is 0 Å². The van der Waals surface area contributed by atoms with Crippen LogP contribution in [-0.2, 0) is 57.2 Å². The molecule has 10 unspecified atom stereocenters. The van der Waals surface area contributed by atoms with Crippen LogP contribution in [-0.4, -0.2) is 75.5 Å². The monoisotopic (exact) mass is 1270 g/mol. The molecule has 0 amide bonds. The Balaban J connectivity index is 0.000000675. The van der Waals surface area contributed by atoms with E-state index in [4.69, 9.17) is 28.4 Å². The Morgan fingerprint density at radius 2 is 0.456 bits per heavy atom. The molecule has 3 aliphatic carbocycles. The van der Waals surface area contributed by atoms with Crippen molar-refractivity contribution in [3.05, 3.63) is 0 Å². The van der Waals surface area contributed by atoms with Gasteiger partial charge < -0.3 is 28.4 Å². The molecule has 0 aromatic rings. The molecule has 3 saturated carbocycles. The van der Waals surface area contributed by atoms with Crippen LogP contribution in [0.1, 0.15) is 320 Å². The van der Waals surface area contributed by atoms with Crippen molar-refractivity contribution >= 4 is 35.8 Å². The van der Waals surface area contributed by atoms with E-state index in [9.17, 15) is 28.8 Å². The van der Waals surface area contributed by atoms with E-state index in [1.807, 2.05) is 0 Å².